The summed E-state index contributed by atoms with van der Waals surface area (Å²) in [5.74, 6) is 0.949. The zero-order valence-electron chi connectivity index (χ0n) is 8.77. The van der Waals surface area contributed by atoms with Gasteiger partial charge < -0.3 is 5.32 Å². The third-order valence-electron chi connectivity index (χ3n) is 3.14. The van der Waals surface area contributed by atoms with Crippen molar-refractivity contribution in [2.75, 3.05) is 5.32 Å². The summed E-state index contributed by atoms with van der Waals surface area (Å²) in [5.41, 5.74) is 1.15. The Bertz CT molecular complexity index is 484. The third-order valence-corrected chi connectivity index (χ3v) is 3.14. The van der Waals surface area contributed by atoms with E-state index in [1.165, 1.54) is 19.3 Å². The molecule has 0 amide bonds. The Kier molecular flexibility index (Phi) is 1.71. The minimum absolute atomic E-state index is 0.255. The maximum atomic E-state index is 4.49. The highest BCUT2D eigenvalue weighted by Crippen LogP contribution is 2.34. The lowest BCUT2D eigenvalue weighted by Gasteiger charge is -2.39. The largest absolute Gasteiger partial charge is 0.365 e. The molecule has 1 fully saturated rings. The lowest BCUT2D eigenvalue weighted by Crippen LogP contribution is -2.41. The molecule has 2 aromatic rings. The standard InChI is InChI=1S/C11H14N4/c1-11(5-2-6-11)14-9-4-8-15-10(13-9)3-7-12-15/h3-4,7-8H,2,5-6H2,1H3,(H,13,14). The molecule has 4 nitrogen and oxygen atoms in total. The molecule has 1 aliphatic rings. The smallest absolute Gasteiger partial charge is 0.157 e. The highest BCUT2D eigenvalue weighted by Gasteiger charge is 2.31. The Morgan fingerprint density at radius 2 is 2.27 bits per heavy atom. The molecule has 0 bridgehead atoms. The predicted octanol–water partition coefficient (Wildman–Crippen LogP) is 2.08. The van der Waals surface area contributed by atoms with Gasteiger partial charge >= 0.3 is 0 Å². The summed E-state index contributed by atoms with van der Waals surface area (Å²) in [6.45, 7) is 2.25. The van der Waals surface area contributed by atoms with Crippen molar-refractivity contribution in [2.45, 2.75) is 31.7 Å². The van der Waals surface area contributed by atoms with Crippen molar-refractivity contribution in [3.05, 3.63) is 24.5 Å². The van der Waals surface area contributed by atoms with Crippen molar-refractivity contribution in [1.82, 2.24) is 14.6 Å². The normalized spacial score (nSPS) is 18.7. The van der Waals surface area contributed by atoms with Crippen LogP contribution in [-0.2, 0) is 0 Å². The van der Waals surface area contributed by atoms with Crippen LogP contribution < -0.4 is 5.32 Å². The zero-order valence-corrected chi connectivity index (χ0v) is 8.77. The van der Waals surface area contributed by atoms with Crippen molar-refractivity contribution >= 4 is 11.5 Å². The molecule has 1 N–H and O–H groups in total. The molecular formula is C11H14N4. The van der Waals surface area contributed by atoms with Gasteiger partial charge in [-0.15, -0.1) is 0 Å². The van der Waals surface area contributed by atoms with Gasteiger partial charge in [0, 0.05) is 17.8 Å². The molecule has 0 saturated heterocycles. The third kappa shape index (κ3) is 1.46. The van der Waals surface area contributed by atoms with E-state index < -0.39 is 0 Å². The summed E-state index contributed by atoms with van der Waals surface area (Å²) in [4.78, 5) is 4.49. The van der Waals surface area contributed by atoms with Gasteiger partial charge in [0.05, 0.1) is 6.20 Å². The maximum Gasteiger partial charge on any atom is 0.157 e. The van der Waals surface area contributed by atoms with Crippen molar-refractivity contribution in [1.29, 1.82) is 0 Å². The summed E-state index contributed by atoms with van der Waals surface area (Å²) in [6.07, 6.45) is 7.49. The minimum atomic E-state index is 0.255. The fourth-order valence-electron chi connectivity index (χ4n) is 2.02. The zero-order chi connectivity index (χ0) is 10.3. The predicted molar refractivity (Wildman–Crippen MR) is 58.9 cm³/mol. The Hall–Kier alpha value is -1.58. The van der Waals surface area contributed by atoms with E-state index in [2.05, 4.69) is 22.3 Å². The van der Waals surface area contributed by atoms with Gasteiger partial charge in [0.25, 0.3) is 0 Å². The van der Waals surface area contributed by atoms with E-state index in [0.29, 0.717) is 0 Å². The van der Waals surface area contributed by atoms with E-state index >= 15 is 0 Å². The van der Waals surface area contributed by atoms with E-state index in [-0.39, 0.29) is 5.54 Å². The van der Waals surface area contributed by atoms with Crippen LogP contribution in [0.4, 0.5) is 5.82 Å². The minimum Gasteiger partial charge on any atom is -0.365 e. The molecule has 0 radical (unpaired) electrons. The molecule has 1 aliphatic carbocycles. The number of hydrogen-bond donors (Lipinski definition) is 1. The summed E-state index contributed by atoms with van der Waals surface area (Å²) in [7, 11) is 0. The van der Waals surface area contributed by atoms with E-state index in [1.807, 2.05) is 18.3 Å². The molecular weight excluding hydrogens is 188 g/mol. The monoisotopic (exact) mass is 202 g/mol. The fraction of sp³-hybridized carbons (Fsp3) is 0.455. The van der Waals surface area contributed by atoms with Crippen molar-refractivity contribution in [2.24, 2.45) is 0 Å². The van der Waals surface area contributed by atoms with Crippen LogP contribution in [0.5, 0.6) is 0 Å². The van der Waals surface area contributed by atoms with E-state index in [0.717, 1.165) is 11.5 Å². The number of rotatable bonds is 2. The van der Waals surface area contributed by atoms with Gasteiger partial charge in [-0.3, -0.25) is 0 Å². The first kappa shape index (κ1) is 8.71. The highest BCUT2D eigenvalue weighted by atomic mass is 15.2. The summed E-state index contributed by atoms with van der Waals surface area (Å²) in [5, 5.41) is 7.60. The van der Waals surface area contributed by atoms with Gasteiger partial charge in [0.2, 0.25) is 0 Å². The topological polar surface area (TPSA) is 42.2 Å². The van der Waals surface area contributed by atoms with Crippen molar-refractivity contribution in [3.63, 3.8) is 0 Å². The van der Waals surface area contributed by atoms with Crippen LogP contribution in [0, 0.1) is 0 Å². The number of hydrogen-bond acceptors (Lipinski definition) is 3. The van der Waals surface area contributed by atoms with Crippen LogP contribution in [0.25, 0.3) is 5.65 Å². The molecule has 0 atom stereocenters. The Labute approximate surface area is 88.3 Å². The molecule has 2 aromatic heterocycles. The van der Waals surface area contributed by atoms with Gasteiger partial charge in [-0.25, -0.2) is 9.50 Å². The number of nitrogens with zero attached hydrogens (tertiary/aromatic N) is 3. The summed E-state index contributed by atoms with van der Waals surface area (Å²) in [6, 6.07) is 3.89. The van der Waals surface area contributed by atoms with Gasteiger partial charge in [-0.05, 0) is 32.3 Å². The molecule has 0 aliphatic heterocycles. The summed E-state index contributed by atoms with van der Waals surface area (Å²) < 4.78 is 1.77. The molecule has 3 rings (SSSR count). The maximum absolute atomic E-state index is 4.49. The van der Waals surface area contributed by atoms with Gasteiger partial charge in [-0.1, -0.05) is 0 Å². The van der Waals surface area contributed by atoms with Crippen LogP contribution in [0.2, 0.25) is 0 Å². The molecule has 0 spiro atoms. The van der Waals surface area contributed by atoms with E-state index in [4.69, 9.17) is 0 Å². The average Bonchev–Trinajstić information content (AvgIpc) is 2.62. The number of aromatic nitrogens is 3. The highest BCUT2D eigenvalue weighted by molar-refractivity contribution is 5.47. The molecule has 1 saturated carbocycles. The van der Waals surface area contributed by atoms with Gasteiger partial charge in [0.15, 0.2) is 5.65 Å². The van der Waals surface area contributed by atoms with Gasteiger partial charge in [-0.2, -0.15) is 5.10 Å². The van der Waals surface area contributed by atoms with Crippen molar-refractivity contribution in [3.8, 4) is 0 Å². The molecule has 78 valence electrons. The number of fused-ring (bicyclic) bond motifs is 1. The van der Waals surface area contributed by atoms with E-state index in [9.17, 15) is 0 Å². The lowest BCUT2D eigenvalue weighted by molar-refractivity contribution is 0.306. The second-order valence-electron chi connectivity index (χ2n) is 4.49. The molecule has 4 heteroatoms. The van der Waals surface area contributed by atoms with Crippen molar-refractivity contribution < 1.29 is 0 Å². The molecule has 15 heavy (non-hydrogen) atoms. The second-order valence-corrected chi connectivity index (χ2v) is 4.49. The molecule has 0 unspecified atom stereocenters. The first-order valence-electron chi connectivity index (χ1n) is 5.34. The van der Waals surface area contributed by atoms with Crippen LogP contribution in [-0.4, -0.2) is 20.1 Å². The second kappa shape index (κ2) is 2.95. The number of anilines is 1. The van der Waals surface area contributed by atoms with Crippen LogP contribution in [0.15, 0.2) is 24.5 Å². The van der Waals surface area contributed by atoms with E-state index in [1.54, 1.807) is 10.7 Å². The first-order valence-corrected chi connectivity index (χ1v) is 5.34. The Balaban J connectivity index is 1.90. The Morgan fingerprint density at radius 1 is 1.40 bits per heavy atom. The van der Waals surface area contributed by atoms with Crippen LogP contribution in [0.1, 0.15) is 26.2 Å². The fourth-order valence-corrected chi connectivity index (χ4v) is 2.02. The molecule has 2 heterocycles. The SMILES string of the molecule is CC1(Nc2ccn3nccc3n2)CCC1. The number of nitrogens with one attached hydrogen (secondary N) is 1. The van der Waals surface area contributed by atoms with Gasteiger partial charge in [0.1, 0.15) is 5.82 Å². The van der Waals surface area contributed by atoms with Crippen LogP contribution in [0.3, 0.4) is 0 Å². The Morgan fingerprint density at radius 3 is 3.00 bits per heavy atom. The lowest BCUT2D eigenvalue weighted by atomic mass is 9.78. The van der Waals surface area contributed by atoms with Crippen LogP contribution >= 0.6 is 0 Å². The average molecular weight is 202 g/mol. The quantitative estimate of drug-likeness (QED) is 0.810. The molecule has 0 aromatic carbocycles. The summed E-state index contributed by atoms with van der Waals surface area (Å²) >= 11 is 0. The first-order chi connectivity index (χ1) is 7.25.